The van der Waals surface area contributed by atoms with E-state index in [2.05, 4.69) is 39.0 Å². The quantitative estimate of drug-likeness (QED) is 0.296. The highest BCUT2D eigenvalue weighted by Crippen LogP contribution is 2.27. The van der Waals surface area contributed by atoms with Gasteiger partial charge in [0.25, 0.3) is 0 Å². The van der Waals surface area contributed by atoms with Crippen LogP contribution in [0.1, 0.15) is 33.7 Å². The second kappa shape index (κ2) is 9.50. The van der Waals surface area contributed by atoms with Crippen molar-refractivity contribution >= 4 is 23.5 Å². The van der Waals surface area contributed by atoms with Gasteiger partial charge >= 0.3 is 0 Å². The summed E-state index contributed by atoms with van der Waals surface area (Å²) >= 11 is 1.28. The summed E-state index contributed by atoms with van der Waals surface area (Å²) in [6, 6.07) is 13.7. The van der Waals surface area contributed by atoms with Gasteiger partial charge in [-0.1, -0.05) is 29.5 Å². The van der Waals surface area contributed by atoms with Gasteiger partial charge in [0.2, 0.25) is 5.91 Å². The molecule has 0 aliphatic carbocycles. The van der Waals surface area contributed by atoms with Crippen molar-refractivity contribution in [2.45, 2.75) is 38.9 Å². The van der Waals surface area contributed by atoms with E-state index in [0.717, 1.165) is 17.1 Å². The van der Waals surface area contributed by atoms with Gasteiger partial charge in [-0.2, -0.15) is 0 Å². The first-order chi connectivity index (χ1) is 15.8. The first kappa shape index (κ1) is 22.6. The molecule has 33 heavy (non-hydrogen) atoms. The van der Waals surface area contributed by atoms with Crippen LogP contribution in [-0.2, 0) is 11.3 Å². The maximum Gasteiger partial charge on any atom is 0.219 e. The molecule has 170 valence electrons. The highest BCUT2D eigenvalue weighted by molar-refractivity contribution is 7.99. The number of hydrogen-bond donors (Lipinski definition) is 1. The summed E-state index contributed by atoms with van der Waals surface area (Å²) in [6.07, 6.45) is 1.67. The molecule has 1 amide bonds. The van der Waals surface area contributed by atoms with Crippen molar-refractivity contribution in [3.63, 3.8) is 0 Å². The zero-order chi connectivity index (χ0) is 23.5. The van der Waals surface area contributed by atoms with Gasteiger partial charge < -0.3 is 14.7 Å². The lowest BCUT2D eigenvalue weighted by Gasteiger charge is -2.10. The number of aryl methyl sites for hydroxylation is 2. The molecule has 4 rings (SSSR count). The maximum absolute atomic E-state index is 13.1. The molecule has 4 aromatic rings. The standard InChI is InChI=1S/C24H25N5O3S/c1-15-6-8-18(9-7-15)29-16(2)13-19(17(29)3)20(30)14-33-24-27-26-23(21-5-4-12-32-21)28(24)11-10-22(25)31/h4-9,12-13H,10-11,14H2,1-3H3,(H2,25,31). The van der Waals surface area contributed by atoms with Crippen LogP contribution in [0.25, 0.3) is 17.3 Å². The molecule has 0 fully saturated rings. The van der Waals surface area contributed by atoms with Gasteiger partial charge in [0, 0.05) is 35.6 Å². The van der Waals surface area contributed by atoms with Crippen LogP contribution in [0.2, 0.25) is 0 Å². The smallest absolute Gasteiger partial charge is 0.219 e. The normalized spacial score (nSPS) is 11.1. The van der Waals surface area contributed by atoms with E-state index in [1.807, 2.05) is 26.8 Å². The number of primary amides is 1. The number of amides is 1. The second-order valence-electron chi connectivity index (χ2n) is 7.82. The number of nitrogens with two attached hydrogens (primary N) is 1. The summed E-state index contributed by atoms with van der Waals surface area (Å²) < 4.78 is 9.28. The molecule has 0 aliphatic heterocycles. The van der Waals surface area contributed by atoms with Gasteiger partial charge in [-0.25, -0.2) is 0 Å². The van der Waals surface area contributed by atoms with E-state index < -0.39 is 5.91 Å². The summed E-state index contributed by atoms with van der Waals surface area (Å²) in [4.78, 5) is 24.5. The number of rotatable bonds is 9. The number of Topliss-reactive ketones (excluding diaryl/α,β-unsaturated/α-hetero) is 1. The van der Waals surface area contributed by atoms with Gasteiger partial charge in [0.1, 0.15) is 0 Å². The van der Waals surface area contributed by atoms with Crippen LogP contribution in [0.3, 0.4) is 0 Å². The Morgan fingerprint density at radius 3 is 2.52 bits per heavy atom. The molecule has 3 heterocycles. The molecule has 0 bridgehead atoms. The summed E-state index contributed by atoms with van der Waals surface area (Å²) in [5.41, 5.74) is 10.1. The van der Waals surface area contributed by atoms with Crippen molar-refractivity contribution in [1.29, 1.82) is 0 Å². The van der Waals surface area contributed by atoms with Crippen molar-refractivity contribution in [1.82, 2.24) is 19.3 Å². The number of furan rings is 1. The van der Waals surface area contributed by atoms with Gasteiger partial charge in [-0.15, -0.1) is 10.2 Å². The molecule has 0 aliphatic rings. The minimum atomic E-state index is -0.426. The Labute approximate surface area is 195 Å². The number of benzene rings is 1. The monoisotopic (exact) mass is 463 g/mol. The lowest BCUT2D eigenvalue weighted by molar-refractivity contribution is -0.118. The highest BCUT2D eigenvalue weighted by atomic mass is 32.2. The van der Waals surface area contributed by atoms with Crippen molar-refractivity contribution in [2.75, 3.05) is 5.75 Å². The van der Waals surface area contributed by atoms with Crippen LogP contribution in [0.5, 0.6) is 0 Å². The predicted molar refractivity (Wildman–Crippen MR) is 127 cm³/mol. The topological polar surface area (TPSA) is 109 Å². The molecule has 1 aromatic carbocycles. The Hall–Kier alpha value is -3.59. The number of hydrogen-bond acceptors (Lipinski definition) is 6. The molecule has 0 atom stereocenters. The van der Waals surface area contributed by atoms with Gasteiger partial charge in [-0.05, 0) is 51.1 Å². The lowest BCUT2D eigenvalue weighted by atomic mass is 10.2. The third kappa shape index (κ3) is 4.78. The van der Waals surface area contributed by atoms with Crippen molar-refractivity contribution in [2.24, 2.45) is 5.73 Å². The first-order valence-electron chi connectivity index (χ1n) is 10.5. The van der Waals surface area contributed by atoms with Crippen LogP contribution in [0.15, 0.2) is 58.3 Å². The van der Waals surface area contributed by atoms with Gasteiger partial charge in [-0.3, -0.25) is 14.2 Å². The largest absolute Gasteiger partial charge is 0.461 e. The highest BCUT2D eigenvalue weighted by Gasteiger charge is 2.21. The lowest BCUT2D eigenvalue weighted by Crippen LogP contribution is -2.15. The van der Waals surface area contributed by atoms with E-state index in [9.17, 15) is 9.59 Å². The van der Waals surface area contributed by atoms with Crippen molar-refractivity contribution < 1.29 is 14.0 Å². The third-order valence-electron chi connectivity index (χ3n) is 5.40. The fourth-order valence-corrected chi connectivity index (χ4v) is 4.60. The molecule has 0 saturated heterocycles. The fraction of sp³-hybridized carbons (Fsp3) is 0.250. The number of ketones is 1. The first-order valence-corrected chi connectivity index (χ1v) is 11.5. The fourth-order valence-electron chi connectivity index (χ4n) is 3.75. The molecule has 0 saturated carbocycles. The minimum absolute atomic E-state index is 0.00420. The number of aromatic nitrogens is 4. The average molecular weight is 464 g/mol. The maximum atomic E-state index is 13.1. The van der Waals surface area contributed by atoms with Crippen LogP contribution >= 0.6 is 11.8 Å². The zero-order valence-electron chi connectivity index (χ0n) is 18.7. The average Bonchev–Trinajstić information content (AvgIpc) is 3.50. The SMILES string of the molecule is Cc1ccc(-n2c(C)cc(C(=O)CSc3nnc(-c4ccco4)n3CCC(N)=O)c2C)cc1. The molecular formula is C24H25N5O3S. The Balaban J connectivity index is 1.55. The molecule has 0 radical (unpaired) electrons. The number of nitrogens with zero attached hydrogens (tertiary/aromatic N) is 4. The molecule has 0 unspecified atom stereocenters. The van der Waals surface area contributed by atoms with Gasteiger partial charge in [0.05, 0.1) is 12.0 Å². The van der Waals surface area contributed by atoms with Crippen LogP contribution in [-0.4, -0.2) is 36.8 Å². The van der Waals surface area contributed by atoms with E-state index in [0.29, 0.717) is 28.8 Å². The Bertz CT molecular complexity index is 1290. The summed E-state index contributed by atoms with van der Waals surface area (Å²) in [6.45, 7) is 6.30. The Kier molecular flexibility index (Phi) is 6.50. The Morgan fingerprint density at radius 1 is 1.09 bits per heavy atom. The predicted octanol–water partition coefficient (Wildman–Crippen LogP) is 4.10. The van der Waals surface area contributed by atoms with Gasteiger partial charge in [0.15, 0.2) is 22.5 Å². The zero-order valence-corrected chi connectivity index (χ0v) is 19.6. The summed E-state index contributed by atoms with van der Waals surface area (Å²) in [7, 11) is 0. The second-order valence-corrected chi connectivity index (χ2v) is 8.76. The van der Waals surface area contributed by atoms with E-state index in [-0.39, 0.29) is 18.0 Å². The molecule has 2 N–H and O–H groups in total. The van der Waals surface area contributed by atoms with E-state index in [1.54, 1.807) is 23.0 Å². The molecule has 0 spiro atoms. The molecule has 3 aromatic heterocycles. The third-order valence-corrected chi connectivity index (χ3v) is 6.36. The summed E-state index contributed by atoms with van der Waals surface area (Å²) in [5.74, 6) is 0.783. The van der Waals surface area contributed by atoms with Crippen LogP contribution in [0, 0.1) is 20.8 Å². The molecule has 9 heteroatoms. The van der Waals surface area contributed by atoms with Crippen molar-refractivity contribution in [3.8, 4) is 17.3 Å². The van der Waals surface area contributed by atoms with Crippen LogP contribution < -0.4 is 5.73 Å². The number of carbonyl (C=O) groups is 2. The minimum Gasteiger partial charge on any atom is -0.461 e. The molecule has 8 nitrogen and oxygen atoms in total. The van der Waals surface area contributed by atoms with E-state index in [1.165, 1.54) is 17.3 Å². The van der Waals surface area contributed by atoms with E-state index >= 15 is 0 Å². The molecular weight excluding hydrogens is 438 g/mol. The van der Waals surface area contributed by atoms with Crippen LogP contribution in [0.4, 0.5) is 0 Å². The number of carbonyl (C=O) groups excluding carboxylic acids is 2. The number of thioether (sulfide) groups is 1. The summed E-state index contributed by atoms with van der Waals surface area (Å²) in [5, 5.41) is 8.95. The van der Waals surface area contributed by atoms with Crippen molar-refractivity contribution in [3.05, 3.63) is 71.2 Å². The Morgan fingerprint density at radius 2 is 1.85 bits per heavy atom. The van der Waals surface area contributed by atoms with E-state index in [4.69, 9.17) is 10.2 Å².